The van der Waals surface area contributed by atoms with Crippen LogP contribution in [0.4, 0.5) is 0 Å². The Bertz CT molecular complexity index is 535. The molecule has 5 heteroatoms. The third-order valence-corrected chi connectivity index (χ3v) is 4.86. The summed E-state index contributed by atoms with van der Waals surface area (Å²) in [6.07, 6.45) is 0.915. The summed E-state index contributed by atoms with van der Waals surface area (Å²) in [4.78, 5) is 14.8. The van der Waals surface area contributed by atoms with Gasteiger partial charge in [0.2, 0.25) is 0 Å². The highest BCUT2D eigenvalue weighted by atomic mass is 16.6. The number of benzene rings is 1. The highest BCUT2D eigenvalue weighted by Gasteiger charge is 2.48. The fourth-order valence-electron chi connectivity index (χ4n) is 3.57. The van der Waals surface area contributed by atoms with Crippen LogP contribution in [0.3, 0.4) is 0 Å². The number of rotatable bonds is 4. The molecule has 1 aromatic rings. The van der Waals surface area contributed by atoms with Crippen LogP contribution in [0.5, 0.6) is 0 Å². The summed E-state index contributed by atoms with van der Waals surface area (Å²) in [7, 11) is 0. The van der Waals surface area contributed by atoms with Gasteiger partial charge in [-0.1, -0.05) is 30.3 Å². The summed E-state index contributed by atoms with van der Waals surface area (Å²) in [6.45, 7) is 7.00. The normalized spacial score (nSPS) is 29.6. The van der Waals surface area contributed by atoms with Crippen LogP contribution in [0.15, 0.2) is 30.3 Å². The summed E-state index contributed by atoms with van der Waals surface area (Å²) in [5.74, 6) is -0.192. The fourth-order valence-corrected chi connectivity index (χ4v) is 3.57. The van der Waals surface area contributed by atoms with E-state index in [-0.39, 0.29) is 23.7 Å². The van der Waals surface area contributed by atoms with Crippen LogP contribution in [0.25, 0.3) is 0 Å². The van der Waals surface area contributed by atoms with Crippen molar-refractivity contribution in [1.29, 1.82) is 0 Å². The second-order valence-electron chi connectivity index (χ2n) is 6.21. The maximum Gasteiger partial charge on any atom is 0.328 e. The number of carbonyl (C=O) groups excluding carboxylic acids is 1. The Balaban J connectivity index is 1.86. The maximum atomic E-state index is 12.6. The minimum absolute atomic E-state index is 0.0453. The Morgan fingerprint density at radius 2 is 2.17 bits per heavy atom. The lowest BCUT2D eigenvalue weighted by Gasteiger charge is -2.44. The number of esters is 1. The molecule has 1 aromatic carbocycles. The third-order valence-electron chi connectivity index (χ3n) is 4.86. The molecule has 2 saturated heterocycles. The van der Waals surface area contributed by atoms with Crippen molar-refractivity contribution < 1.29 is 19.0 Å². The van der Waals surface area contributed by atoms with E-state index in [0.29, 0.717) is 32.9 Å². The fraction of sp³-hybridized carbons (Fsp3) is 0.611. The van der Waals surface area contributed by atoms with E-state index in [0.717, 1.165) is 12.0 Å². The van der Waals surface area contributed by atoms with Gasteiger partial charge in [0.05, 0.1) is 19.3 Å². The maximum absolute atomic E-state index is 12.6. The molecule has 2 aliphatic rings. The molecule has 3 atom stereocenters. The van der Waals surface area contributed by atoms with Gasteiger partial charge in [0.15, 0.2) is 0 Å². The van der Waals surface area contributed by atoms with Crippen LogP contribution in [0.1, 0.15) is 31.9 Å². The predicted molar refractivity (Wildman–Crippen MR) is 86.1 cm³/mol. The van der Waals surface area contributed by atoms with Gasteiger partial charge in [0, 0.05) is 26.1 Å². The molecule has 2 heterocycles. The molecule has 23 heavy (non-hydrogen) atoms. The van der Waals surface area contributed by atoms with Crippen molar-refractivity contribution in [1.82, 2.24) is 4.90 Å². The van der Waals surface area contributed by atoms with Gasteiger partial charge in [0.1, 0.15) is 11.6 Å². The van der Waals surface area contributed by atoms with E-state index in [4.69, 9.17) is 14.2 Å². The van der Waals surface area contributed by atoms with Crippen LogP contribution < -0.4 is 0 Å². The molecule has 0 unspecified atom stereocenters. The van der Waals surface area contributed by atoms with E-state index in [1.165, 1.54) is 0 Å². The summed E-state index contributed by atoms with van der Waals surface area (Å²) >= 11 is 0. The molecular formula is C18H25NO4. The molecule has 0 saturated carbocycles. The molecule has 0 radical (unpaired) electrons. The number of ether oxygens (including phenoxy) is 3. The molecule has 2 aliphatic heterocycles. The van der Waals surface area contributed by atoms with Crippen molar-refractivity contribution in [3.05, 3.63) is 35.9 Å². The van der Waals surface area contributed by atoms with Gasteiger partial charge < -0.3 is 14.2 Å². The van der Waals surface area contributed by atoms with Crippen LogP contribution in [-0.4, -0.2) is 55.5 Å². The monoisotopic (exact) mass is 319 g/mol. The SMILES string of the molecule is CCOC(=O)[C@H](c1ccccc1)N1CCO[C@@]2(CCO[C@@H]2C)C1. The first kappa shape index (κ1) is 16.4. The Morgan fingerprint density at radius 3 is 2.83 bits per heavy atom. The minimum atomic E-state index is -0.385. The van der Waals surface area contributed by atoms with E-state index >= 15 is 0 Å². The molecule has 0 aliphatic carbocycles. The number of nitrogens with zero attached hydrogens (tertiary/aromatic N) is 1. The molecule has 3 rings (SSSR count). The topological polar surface area (TPSA) is 48.0 Å². The lowest BCUT2D eigenvalue weighted by Crippen LogP contribution is -2.57. The van der Waals surface area contributed by atoms with Crippen molar-refractivity contribution in [2.45, 2.75) is 38.0 Å². The molecule has 0 N–H and O–H groups in total. The van der Waals surface area contributed by atoms with Gasteiger partial charge in [-0.25, -0.2) is 4.79 Å². The first-order chi connectivity index (χ1) is 11.2. The van der Waals surface area contributed by atoms with Gasteiger partial charge in [-0.15, -0.1) is 0 Å². The van der Waals surface area contributed by atoms with E-state index in [1.54, 1.807) is 0 Å². The van der Waals surface area contributed by atoms with Crippen molar-refractivity contribution >= 4 is 5.97 Å². The Labute approximate surface area is 137 Å². The van der Waals surface area contributed by atoms with E-state index in [9.17, 15) is 4.79 Å². The Kier molecular flexibility index (Phi) is 4.99. The Hall–Kier alpha value is -1.43. The minimum Gasteiger partial charge on any atom is -0.465 e. The molecule has 0 aromatic heterocycles. The summed E-state index contributed by atoms with van der Waals surface area (Å²) in [5.41, 5.74) is 0.659. The molecule has 0 bridgehead atoms. The predicted octanol–water partition coefficient (Wildman–Crippen LogP) is 2.17. The lowest BCUT2D eigenvalue weighted by atomic mass is 9.92. The second-order valence-corrected chi connectivity index (χ2v) is 6.21. The van der Waals surface area contributed by atoms with Crippen LogP contribution >= 0.6 is 0 Å². The van der Waals surface area contributed by atoms with Crippen molar-refractivity contribution in [3.8, 4) is 0 Å². The summed E-state index contributed by atoms with van der Waals surface area (Å²) in [6, 6.07) is 9.46. The quantitative estimate of drug-likeness (QED) is 0.796. The smallest absolute Gasteiger partial charge is 0.328 e. The lowest BCUT2D eigenvalue weighted by molar-refractivity contribution is -0.165. The van der Waals surface area contributed by atoms with Gasteiger partial charge in [-0.2, -0.15) is 0 Å². The molecule has 0 amide bonds. The van der Waals surface area contributed by atoms with E-state index < -0.39 is 0 Å². The van der Waals surface area contributed by atoms with Gasteiger partial charge in [-0.05, 0) is 19.4 Å². The van der Waals surface area contributed by atoms with Crippen molar-refractivity contribution in [2.75, 3.05) is 32.9 Å². The van der Waals surface area contributed by atoms with Crippen molar-refractivity contribution in [3.63, 3.8) is 0 Å². The largest absolute Gasteiger partial charge is 0.465 e. The molecule has 2 fully saturated rings. The second kappa shape index (κ2) is 6.99. The highest BCUT2D eigenvalue weighted by molar-refractivity contribution is 5.77. The molecular weight excluding hydrogens is 294 g/mol. The third kappa shape index (κ3) is 3.27. The zero-order chi connectivity index (χ0) is 16.3. The van der Waals surface area contributed by atoms with Gasteiger partial charge >= 0.3 is 5.97 Å². The first-order valence-corrected chi connectivity index (χ1v) is 8.37. The molecule has 126 valence electrons. The Morgan fingerprint density at radius 1 is 1.39 bits per heavy atom. The average Bonchev–Trinajstić information content (AvgIpc) is 2.89. The molecule has 5 nitrogen and oxygen atoms in total. The molecule has 1 spiro atoms. The standard InChI is InChI=1S/C18H25NO4/c1-3-21-17(20)16(15-7-5-4-6-8-15)19-10-12-23-18(13-19)9-11-22-14(18)2/h4-8,14,16H,3,9-13H2,1-2H3/t14-,16+,18+/m1/s1. The van der Waals surface area contributed by atoms with Gasteiger partial charge in [-0.3, -0.25) is 4.90 Å². The van der Waals surface area contributed by atoms with Crippen molar-refractivity contribution in [2.24, 2.45) is 0 Å². The number of hydrogen-bond donors (Lipinski definition) is 0. The summed E-state index contributed by atoms with van der Waals surface area (Å²) < 4.78 is 17.1. The van der Waals surface area contributed by atoms with E-state index in [2.05, 4.69) is 11.8 Å². The number of hydrogen-bond acceptors (Lipinski definition) is 5. The van der Waals surface area contributed by atoms with E-state index in [1.807, 2.05) is 37.3 Å². The van der Waals surface area contributed by atoms with Crippen LogP contribution in [-0.2, 0) is 19.0 Å². The number of carbonyl (C=O) groups is 1. The zero-order valence-electron chi connectivity index (χ0n) is 13.9. The van der Waals surface area contributed by atoms with Gasteiger partial charge in [0.25, 0.3) is 0 Å². The highest BCUT2D eigenvalue weighted by Crippen LogP contribution is 2.36. The zero-order valence-corrected chi connectivity index (χ0v) is 13.9. The summed E-state index contributed by atoms with van der Waals surface area (Å²) in [5, 5.41) is 0. The number of morpholine rings is 1. The average molecular weight is 319 g/mol. The van der Waals surface area contributed by atoms with Crippen LogP contribution in [0.2, 0.25) is 0 Å². The first-order valence-electron chi connectivity index (χ1n) is 8.37. The van der Waals surface area contributed by atoms with Crippen LogP contribution in [0, 0.1) is 0 Å².